The molecule has 0 unspecified atom stereocenters. The molecule has 178 valence electrons. The van der Waals surface area contributed by atoms with Crippen molar-refractivity contribution in [3.05, 3.63) is 60.7 Å². The van der Waals surface area contributed by atoms with Crippen LogP contribution in [0.2, 0.25) is 5.04 Å². The van der Waals surface area contributed by atoms with Crippen molar-refractivity contribution in [2.45, 2.75) is 76.7 Å². The van der Waals surface area contributed by atoms with Gasteiger partial charge in [0.05, 0.1) is 12.2 Å². The molecule has 3 rings (SSSR count). The van der Waals surface area contributed by atoms with Crippen LogP contribution >= 0.6 is 0 Å². The second-order valence-corrected chi connectivity index (χ2v) is 14.1. The van der Waals surface area contributed by atoms with E-state index in [1.807, 2.05) is 12.1 Å². The van der Waals surface area contributed by atoms with Crippen molar-refractivity contribution in [3.8, 4) is 0 Å². The standard InChI is InChI=1S/C27H36O5Si/c1-21(29)31-24-19-22(15-17-28)32-23(20-24)16-18-30-33(27(2,3)4,25-11-7-5-8-12-25)26-13-9-6-10-14-26/h5-14,17,22-24H,15-16,18-20H2,1-4H3/t22-,23-,24-/m1/s1. The lowest BCUT2D eigenvalue weighted by Crippen LogP contribution is -2.66. The van der Waals surface area contributed by atoms with Crippen molar-refractivity contribution in [2.24, 2.45) is 0 Å². The van der Waals surface area contributed by atoms with Crippen LogP contribution in [0, 0.1) is 0 Å². The van der Waals surface area contributed by atoms with Crippen LogP contribution in [0.15, 0.2) is 60.7 Å². The molecule has 0 aromatic heterocycles. The SMILES string of the molecule is CC(=O)O[C@@H]1C[C@@H](CC=O)O[C@H](CCO[Si](c2ccccc2)(c2ccccc2)C(C)(C)C)C1. The minimum atomic E-state index is -2.61. The lowest BCUT2D eigenvalue weighted by molar-refractivity contribution is -0.160. The van der Waals surface area contributed by atoms with E-state index in [4.69, 9.17) is 13.9 Å². The smallest absolute Gasteiger partial charge is 0.302 e. The average molecular weight is 469 g/mol. The van der Waals surface area contributed by atoms with Crippen LogP contribution in [-0.4, -0.2) is 45.5 Å². The molecule has 0 aliphatic carbocycles. The normalized spacial score (nSPS) is 21.4. The maximum absolute atomic E-state index is 11.5. The number of rotatable bonds is 9. The molecule has 1 aliphatic rings. The van der Waals surface area contributed by atoms with E-state index >= 15 is 0 Å². The van der Waals surface area contributed by atoms with Crippen molar-refractivity contribution in [1.29, 1.82) is 0 Å². The van der Waals surface area contributed by atoms with Gasteiger partial charge in [-0.15, -0.1) is 0 Å². The van der Waals surface area contributed by atoms with Crippen LogP contribution < -0.4 is 10.4 Å². The third-order valence-electron chi connectivity index (χ3n) is 6.30. The first-order valence-corrected chi connectivity index (χ1v) is 13.7. The molecule has 0 amide bonds. The van der Waals surface area contributed by atoms with Gasteiger partial charge in [-0.2, -0.15) is 0 Å². The number of hydrogen-bond acceptors (Lipinski definition) is 5. The molecule has 2 aromatic rings. The van der Waals surface area contributed by atoms with Crippen molar-refractivity contribution in [2.75, 3.05) is 6.61 Å². The van der Waals surface area contributed by atoms with Gasteiger partial charge in [0.15, 0.2) is 0 Å². The largest absolute Gasteiger partial charge is 0.462 e. The molecule has 1 heterocycles. The molecule has 6 heteroatoms. The Kier molecular flexibility index (Phi) is 8.62. The molecule has 1 fully saturated rings. The summed E-state index contributed by atoms with van der Waals surface area (Å²) >= 11 is 0. The van der Waals surface area contributed by atoms with Crippen molar-refractivity contribution >= 4 is 30.9 Å². The predicted molar refractivity (Wildman–Crippen MR) is 132 cm³/mol. The van der Waals surface area contributed by atoms with Gasteiger partial charge in [0.25, 0.3) is 8.32 Å². The van der Waals surface area contributed by atoms with E-state index in [0.29, 0.717) is 32.3 Å². The summed E-state index contributed by atoms with van der Waals surface area (Å²) in [4.78, 5) is 22.6. The van der Waals surface area contributed by atoms with Crippen LogP contribution in [0.3, 0.4) is 0 Å². The third-order valence-corrected chi connectivity index (χ3v) is 11.3. The zero-order valence-corrected chi connectivity index (χ0v) is 21.2. The number of carbonyl (C=O) groups is 2. The zero-order chi connectivity index (χ0) is 23.9. The number of aldehydes is 1. The first-order chi connectivity index (χ1) is 15.8. The zero-order valence-electron chi connectivity index (χ0n) is 20.2. The van der Waals surface area contributed by atoms with Gasteiger partial charge in [0, 0.05) is 32.8 Å². The summed E-state index contributed by atoms with van der Waals surface area (Å²) < 4.78 is 18.6. The van der Waals surface area contributed by atoms with Gasteiger partial charge < -0.3 is 18.7 Å². The Morgan fingerprint density at radius 3 is 2.03 bits per heavy atom. The fourth-order valence-electron chi connectivity index (χ4n) is 4.95. The highest BCUT2D eigenvalue weighted by atomic mass is 28.4. The lowest BCUT2D eigenvalue weighted by atomic mass is 9.97. The van der Waals surface area contributed by atoms with Crippen LogP contribution in [0.1, 0.15) is 53.4 Å². The van der Waals surface area contributed by atoms with Crippen molar-refractivity contribution in [3.63, 3.8) is 0 Å². The maximum atomic E-state index is 11.5. The average Bonchev–Trinajstić information content (AvgIpc) is 2.77. The Morgan fingerprint density at radius 2 is 1.55 bits per heavy atom. The highest BCUT2D eigenvalue weighted by Crippen LogP contribution is 2.37. The fourth-order valence-corrected chi connectivity index (χ4v) is 9.53. The van der Waals surface area contributed by atoms with E-state index < -0.39 is 8.32 Å². The van der Waals surface area contributed by atoms with Crippen molar-refractivity contribution in [1.82, 2.24) is 0 Å². The molecule has 1 saturated heterocycles. The highest BCUT2D eigenvalue weighted by molar-refractivity contribution is 6.99. The molecule has 3 atom stereocenters. The van der Waals surface area contributed by atoms with Crippen LogP contribution in [0.5, 0.6) is 0 Å². The molecule has 2 aromatic carbocycles. The second kappa shape index (κ2) is 11.2. The summed E-state index contributed by atoms with van der Waals surface area (Å²) in [5.74, 6) is -0.297. The second-order valence-electron chi connectivity index (χ2n) is 9.79. The molecule has 33 heavy (non-hydrogen) atoms. The molecular formula is C27H36O5Si. The quantitative estimate of drug-likeness (QED) is 0.316. The van der Waals surface area contributed by atoms with E-state index in [9.17, 15) is 9.59 Å². The van der Waals surface area contributed by atoms with Crippen LogP contribution in [-0.2, 0) is 23.5 Å². The molecule has 5 nitrogen and oxygen atoms in total. The van der Waals surface area contributed by atoms with Crippen LogP contribution in [0.4, 0.5) is 0 Å². The number of benzene rings is 2. The van der Waals surface area contributed by atoms with E-state index in [1.165, 1.54) is 17.3 Å². The summed E-state index contributed by atoms with van der Waals surface area (Å²) in [7, 11) is -2.61. The van der Waals surface area contributed by atoms with Gasteiger partial charge in [0.2, 0.25) is 0 Å². The van der Waals surface area contributed by atoms with Crippen molar-refractivity contribution < 1.29 is 23.5 Å². The minimum absolute atomic E-state index is 0.0938. The Hall–Kier alpha value is -2.28. The van der Waals surface area contributed by atoms with Gasteiger partial charge >= 0.3 is 5.97 Å². The van der Waals surface area contributed by atoms with E-state index in [2.05, 4.69) is 69.3 Å². The van der Waals surface area contributed by atoms with E-state index in [0.717, 1.165) is 6.29 Å². The molecule has 0 bridgehead atoms. The van der Waals surface area contributed by atoms with E-state index in [1.54, 1.807) is 0 Å². The lowest BCUT2D eigenvalue weighted by Gasteiger charge is -2.43. The first kappa shape index (κ1) is 25.3. The summed E-state index contributed by atoms with van der Waals surface area (Å²) in [6.07, 6.45) is 2.48. The molecule has 0 spiro atoms. The highest BCUT2D eigenvalue weighted by Gasteiger charge is 2.50. The molecule has 0 radical (unpaired) electrons. The summed E-state index contributed by atoms with van der Waals surface area (Å²) in [6, 6.07) is 21.1. The molecular weight excluding hydrogens is 432 g/mol. The molecule has 0 N–H and O–H groups in total. The first-order valence-electron chi connectivity index (χ1n) is 11.8. The monoisotopic (exact) mass is 468 g/mol. The van der Waals surface area contributed by atoms with Gasteiger partial charge in [-0.3, -0.25) is 4.79 Å². The van der Waals surface area contributed by atoms with Gasteiger partial charge in [-0.25, -0.2) is 0 Å². The number of carbonyl (C=O) groups excluding carboxylic acids is 2. The van der Waals surface area contributed by atoms with Gasteiger partial charge in [0.1, 0.15) is 12.4 Å². The Balaban J connectivity index is 1.82. The van der Waals surface area contributed by atoms with Crippen LogP contribution in [0.25, 0.3) is 0 Å². The summed E-state index contributed by atoms with van der Waals surface area (Å²) in [6.45, 7) is 8.72. The Labute approximate surface area is 198 Å². The maximum Gasteiger partial charge on any atom is 0.302 e. The number of esters is 1. The van der Waals surface area contributed by atoms with Gasteiger partial charge in [-0.05, 0) is 21.8 Å². The Bertz CT molecular complexity index is 854. The minimum Gasteiger partial charge on any atom is -0.462 e. The Morgan fingerprint density at radius 1 is 1.00 bits per heavy atom. The van der Waals surface area contributed by atoms with E-state index in [-0.39, 0.29) is 29.3 Å². The summed E-state index contributed by atoms with van der Waals surface area (Å²) in [5.41, 5.74) is 0. The molecule has 1 aliphatic heterocycles. The number of ether oxygens (including phenoxy) is 2. The third kappa shape index (κ3) is 6.19. The van der Waals surface area contributed by atoms with Gasteiger partial charge in [-0.1, -0.05) is 81.4 Å². The summed E-state index contributed by atoms with van der Waals surface area (Å²) in [5, 5.41) is 2.39. The number of hydrogen-bond donors (Lipinski definition) is 0. The fraction of sp³-hybridized carbons (Fsp3) is 0.481. The molecule has 0 saturated carbocycles. The topological polar surface area (TPSA) is 61.8 Å². The predicted octanol–water partition coefficient (Wildman–Crippen LogP) is 4.02.